The highest BCUT2D eigenvalue weighted by Crippen LogP contribution is 2.26. The lowest BCUT2D eigenvalue weighted by molar-refractivity contribution is 0.313. The Labute approximate surface area is 129 Å². The summed E-state index contributed by atoms with van der Waals surface area (Å²) in [7, 11) is -3.83. The van der Waals surface area contributed by atoms with E-state index < -0.39 is 15.8 Å². The van der Waals surface area contributed by atoms with Gasteiger partial charge < -0.3 is 10.6 Å². The number of nitrogens with zero attached hydrogens (tertiary/aromatic N) is 1. The topological polar surface area (TPSA) is 75.4 Å². The zero-order valence-corrected chi connectivity index (χ0v) is 13.3. The van der Waals surface area contributed by atoms with Gasteiger partial charge in [0.15, 0.2) is 0 Å². The van der Waals surface area contributed by atoms with Crippen molar-refractivity contribution in [3.05, 3.63) is 23.0 Å². The fourth-order valence-corrected chi connectivity index (χ4v) is 4.25. The van der Waals surface area contributed by atoms with E-state index >= 15 is 0 Å². The standard InChI is InChI=1S/C13H19ClFN3O2S/c1-9(8-18-4-2-3-5-18)17-21(19,20)13-7-12(16)11(15)6-10(13)14/h6-7,9,17H,2-5,8,16H2,1H3. The van der Waals surface area contributed by atoms with Crippen LogP contribution in [-0.2, 0) is 10.0 Å². The molecule has 3 N–H and O–H groups in total. The van der Waals surface area contributed by atoms with Crippen molar-refractivity contribution in [2.45, 2.75) is 30.7 Å². The van der Waals surface area contributed by atoms with Crippen LogP contribution < -0.4 is 10.5 Å². The molecule has 21 heavy (non-hydrogen) atoms. The van der Waals surface area contributed by atoms with Gasteiger partial charge in [0.2, 0.25) is 10.0 Å². The Morgan fingerprint density at radius 2 is 2.05 bits per heavy atom. The summed E-state index contributed by atoms with van der Waals surface area (Å²) in [5.74, 6) is -0.732. The van der Waals surface area contributed by atoms with Crippen LogP contribution in [0.5, 0.6) is 0 Å². The quantitative estimate of drug-likeness (QED) is 0.805. The maximum absolute atomic E-state index is 13.2. The zero-order valence-electron chi connectivity index (χ0n) is 11.8. The first kappa shape index (κ1) is 16.5. The predicted molar refractivity (Wildman–Crippen MR) is 81.3 cm³/mol. The second-order valence-electron chi connectivity index (χ2n) is 5.33. The highest BCUT2D eigenvalue weighted by atomic mass is 35.5. The van der Waals surface area contributed by atoms with Crippen LogP contribution >= 0.6 is 11.6 Å². The molecule has 1 aromatic rings. The third kappa shape index (κ3) is 4.06. The van der Waals surface area contributed by atoms with E-state index in [-0.39, 0.29) is 21.6 Å². The number of nitrogens with two attached hydrogens (primary N) is 1. The van der Waals surface area contributed by atoms with E-state index in [4.69, 9.17) is 17.3 Å². The van der Waals surface area contributed by atoms with Crippen molar-refractivity contribution in [1.82, 2.24) is 9.62 Å². The number of hydrogen-bond donors (Lipinski definition) is 2. The SMILES string of the molecule is CC(CN1CCCC1)NS(=O)(=O)c1cc(N)c(F)cc1Cl. The number of benzene rings is 1. The minimum Gasteiger partial charge on any atom is -0.396 e. The average molecular weight is 336 g/mol. The smallest absolute Gasteiger partial charge is 0.242 e. The molecular formula is C13H19ClFN3O2S. The van der Waals surface area contributed by atoms with E-state index in [1.165, 1.54) is 0 Å². The molecule has 1 saturated heterocycles. The molecule has 1 fully saturated rings. The van der Waals surface area contributed by atoms with E-state index in [1.54, 1.807) is 6.92 Å². The van der Waals surface area contributed by atoms with Crippen molar-refractivity contribution in [1.29, 1.82) is 0 Å². The average Bonchev–Trinajstić information content (AvgIpc) is 2.85. The molecule has 118 valence electrons. The Morgan fingerprint density at radius 3 is 2.67 bits per heavy atom. The van der Waals surface area contributed by atoms with Gasteiger partial charge in [-0.15, -0.1) is 0 Å². The van der Waals surface area contributed by atoms with Crippen molar-refractivity contribution >= 4 is 27.3 Å². The van der Waals surface area contributed by atoms with E-state index in [2.05, 4.69) is 9.62 Å². The van der Waals surface area contributed by atoms with Crippen LogP contribution in [0.15, 0.2) is 17.0 Å². The van der Waals surface area contributed by atoms with Gasteiger partial charge in [0.05, 0.1) is 10.7 Å². The minimum absolute atomic E-state index is 0.178. The maximum atomic E-state index is 13.2. The number of rotatable bonds is 5. The molecule has 1 heterocycles. The molecular weight excluding hydrogens is 317 g/mol. The van der Waals surface area contributed by atoms with Crippen molar-refractivity contribution in [3.63, 3.8) is 0 Å². The third-order valence-electron chi connectivity index (χ3n) is 3.43. The van der Waals surface area contributed by atoms with Crippen LogP contribution in [0.3, 0.4) is 0 Å². The molecule has 0 spiro atoms. The Morgan fingerprint density at radius 1 is 1.43 bits per heavy atom. The molecule has 0 aromatic heterocycles. The van der Waals surface area contributed by atoms with E-state index in [0.29, 0.717) is 6.54 Å². The second kappa shape index (κ2) is 6.48. The summed E-state index contributed by atoms with van der Waals surface area (Å²) in [6.07, 6.45) is 2.28. The van der Waals surface area contributed by atoms with Crippen LogP contribution in [-0.4, -0.2) is 39.0 Å². The number of anilines is 1. The second-order valence-corrected chi connectivity index (χ2v) is 7.42. The Balaban J connectivity index is 2.12. The van der Waals surface area contributed by atoms with Gasteiger partial charge >= 0.3 is 0 Å². The maximum Gasteiger partial charge on any atom is 0.242 e. The van der Waals surface area contributed by atoms with Crippen molar-refractivity contribution in [3.8, 4) is 0 Å². The lowest BCUT2D eigenvalue weighted by Gasteiger charge is -2.21. The first-order valence-electron chi connectivity index (χ1n) is 6.79. The van der Waals surface area contributed by atoms with Gasteiger partial charge in [0.25, 0.3) is 0 Å². The van der Waals surface area contributed by atoms with Crippen molar-refractivity contribution in [2.24, 2.45) is 0 Å². The Kier molecular flexibility index (Phi) is 5.08. The minimum atomic E-state index is -3.83. The molecule has 0 radical (unpaired) electrons. The van der Waals surface area contributed by atoms with Crippen LogP contribution in [0.1, 0.15) is 19.8 Å². The molecule has 0 bridgehead atoms. The van der Waals surface area contributed by atoms with E-state index in [1.807, 2.05) is 0 Å². The summed E-state index contributed by atoms with van der Waals surface area (Å²) in [6.45, 7) is 4.39. The molecule has 1 aromatic carbocycles. The largest absolute Gasteiger partial charge is 0.396 e. The van der Waals surface area contributed by atoms with Gasteiger partial charge in [-0.25, -0.2) is 17.5 Å². The number of nitrogens with one attached hydrogen (secondary N) is 1. The number of likely N-dealkylation sites (tertiary alicyclic amines) is 1. The summed E-state index contributed by atoms with van der Waals surface area (Å²) in [6, 6.07) is 1.69. The number of hydrogen-bond acceptors (Lipinski definition) is 4. The van der Waals surface area contributed by atoms with Gasteiger partial charge in [0.1, 0.15) is 10.7 Å². The molecule has 1 unspecified atom stereocenters. The van der Waals surface area contributed by atoms with Crippen LogP contribution in [0.2, 0.25) is 5.02 Å². The first-order valence-corrected chi connectivity index (χ1v) is 8.65. The highest BCUT2D eigenvalue weighted by molar-refractivity contribution is 7.89. The van der Waals surface area contributed by atoms with Crippen molar-refractivity contribution in [2.75, 3.05) is 25.4 Å². The molecule has 5 nitrogen and oxygen atoms in total. The third-order valence-corrected chi connectivity index (χ3v) is 5.48. The fraction of sp³-hybridized carbons (Fsp3) is 0.538. The summed E-state index contributed by atoms with van der Waals surface area (Å²) >= 11 is 5.81. The predicted octanol–water partition coefficient (Wildman–Crippen LogP) is 1.82. The van der Waals surface area contributed by atoms with Gasteiger partial charge in [-0.3, -0.25) is 0 Å². The molecule has 1 aliphatic heterocycles. The van der Waals surface area contributed by atoms with Gasteiger partial charge in [-0.05, 0) is 45.0 Å². The monoisotopic (exact) mass is 335 g/mol. The Bertz CT molecular complexity index is 618. The lowest BCUT2D eigenvalue weighted by Crippen LogP contribution is -2.41. The number of sulfonamides is 1. The van der Waals surface area contributed by atoms with Gasteiger partial charge in [-0.1, -0.05) is 11.6 Å². The van der Waals surface area contributed by atoms with Crippen molar-refractivity contribution < 1.29 is 12.8 Å². The number of nitrogen functional groups attached to an aromatic ring is 1. The molecule has 1 atom stereocenters. The molecule has 1 aliphatic rings. The van der Waals surface area contributed by atoms with Crippen LogP contribution in [0.4, 0.5) is 10.1 Å². The summed E-state index contributed by atoms with van der Waals surface area (Å²) in [4.78, 5) is 2.00. The molecule has 0 aliphatic carbocycles. The Hall–Kier alpha value is -0.890. The normalized spacial score (nSPS) is 18.0. The highest BCUT2D eigenvalue weighted by Gasteiger charge is 2.23. The number of halogens is 2. The summed E-state index contributed by atoms with van der Waals surface area (Å²) in [5, 5.41) is -0.178. The fourth-order valence-electron chi connectivity index (χ4n) is 2.47. The van der Waals surface area contributed by atoms with Gasteiger partial charge in [-0.2, -0.15) is 0 Å². The first-order chi connectivity index (χ1) is 9.79. The summed E-state index contributed by atoms with van der Waals surface area (Å²) in [5.41, 5.74) is 5.17. The van der Waals surface area contributed by atoms with E-state index in [9.17, 15) is 12.8 Å². The molecule has 0 amide bonds. The lowest BCUT2D eigenvalue weighted by atomic mass is 10.3. The van der Waals surface area contributed by atoms with Crippen LogP contribution in [0.25, 0.3) is 0 Å². The van der Waals surface area contributed by atoms with Crippen LogP contribution in [0, 0.1) is 5.82 Å². The molecule has 0 saturated carbocycles. The molecule has 8 heteroatoms. The molecule has 2 rings (SSSR count). The van der Waals surface area contributed by atoms with E-state index in [0.717, 1.165) is 38.1 Å². The van der Waals surface area contributed by atoms with Gasteiger partial charge in [0, 0.05) is 12.6 Å². The summed E-state index contributed by atoms with van der Waals surface area (Å²) < 4.78 is 40.4. The zero-order chi connectivity index (χ0) is 15.6.